The van der Waals surface area contributed by atoms with Crippen molar-refractivity contribution in [3.05, 3.63) is 0 Å². The number of carbonyl (C=O) groups excluding carboxylic acids is 1. The summed E-state index contributed by atoms with van der Waals surface area (Å²) in [6, 6.07) is 0. The molecule has 0 aliphatic carbocycles. The Kier molecular flexibility index (Phi) is 14.0. The predicted molar refractivity (Wildman–Crippen MR) is 71.6 cm³/mol. The zero-order valence-electron chi connectivity index (χ0n) is 11.9. The second kappa shape index (κ2) is 14.5. The lowest BCUT2D eigenvalue weighted by molar-refractivity contribution is -0.144. The van der Waals surface area contributed by atoms with Gasteiger partial charge in [0.25, 0.3) is 0 Å². The molecule has 0 spiro atoms. The highest BCUT2D eigenvalue weighted by Gasteiger charge is 2.01. The van der Waals surface area contributed by atoms with E-state index in [0.29, 0.717) is 32.8 Å². The molecule has 0 unspecified atom stereocenters. The van der Waals surface area contributed by atoms with Gasteiger partial charge in [-0.15, -0.1) is 0 Å². The van der Waals surface area contributed by atoms with Gasteiger partial charge in [0.05, 0.1) is 19.8 Å². The van der Waals surface area contributed by atoms with Gasteiger partial charge in [-0.05, 0) is 19.3 Å². The van der Waals surface area contributed by atoms with E-state index in [1.165, 1.54) is 12.8 Å². The molecule has 0 atom stereocenters. The maximum atomic E-state index is 11.1. The highest BCUT2D eigenvalue weighted by molar-refractivity contribution is 5.69. The van der Waals surface area contributed by atoms with Crippen LogP contribution in [-0.2, 0) is 19.0 Å². The van der Waals surface area contributed by atoms with Crippen molar-refractivity contribution in [2.45, 2.75) is 52.4 Å². The van der Waals surface area contributed by atoms with Crippen LogP contribution in [0, 0.1) is 0 Å². The van der Waals surface area contributed by atoms with E-state index in [1.807, 2.05) is 6.92 Å². The number of ether oxygens (including phenoxy) is 3. The van der Waals surface area contributed by atoms with Crippen LogP contribution < -0.4 is 0 Å². The third-order valence-electron chi connectivity index (χ3n) is 2.40. The molecule has 0 saturated carbocycles. The van der Waals surface area contributed by atoms with Gasteiger partial charge in [-0.1, -0.05) is 26.7 Å². The normalized spacial score (nSPS) is 10.6. The van der Waals surface area contributed by atoms with E-state index in [0.717, 1.165) is 25.9 Å². The molecule has 0 aliphatic rings. The van der Waals surface area contributed by atoms with Gasteiger partial charge in [-0.25, -0.2) is 0 Å². The second-order valence-corrected chi connectivity index (χ2v) is 4.26. The fourth-order valence-corrected chi connectivity index (χ4v) is 1.38. The SMILES string of the molecule is CCCCCOCCOCCCC(=O)OCCC. The van der Waals surface area contributed by atoms with Crippen molar-refractivity contribution in [2.75, 3.05) is 33.0 Å². The van der Waals surface area contributed by atoms with Crippen molar-refractivity contribution in [1.82, 2.24) is 0 Å². The molecule has 0 rings (SSSR count). The molecule has 4 heteroatoms. The number of unbranched alkanes of at least 4 members (excludes halogenated alkanes) is 2. The van der Waals surface area contributed by atoms with Crippen molar-refractivity contribution in [3.8, 4) is 0 Å². The van der Waals surface area contributed by atoms with Crippen molar-refractivity contribution in [1.29, 1.82) is 0 Å². The first-order valence-electron chi connectivity index (χ1n) is 7.12. The topological polar surface area (TPSA) is 44.8 Å². The van der Waals surface area contributed by atoms with Crippen LogP contribution in [0.25, 0.3) is 0 Å². The first-order valence-corrected chi connectivity index (χ1v) is 7.12. The molecule has 0 heterocycles. The summed E-state index contributed by atoms with van der Waals surface area (Å²) in [6.45, 7) is 7.34. The Labute approximate surface area is 111 Å². The van der Waals surface area contributed by atoms with E-state index < -0.39 is 0 Å². The van der Waals surface area contributed by atoms with E-state index in [2.05, 4.69) is 6.92 Å². The summed E-state index contributed by atoms with van der Waals surface area (Å²) in [5, 5.41) is 0. The van der Waals surface area contributed by atoms with Gasteiger partial charge in [-0.3, -0.25) is 4.79 Å². The number of carbonyl (C=O) groups is 1. The molecular weight excluding hydrogens is 232 g/mol. The minimum Gasteiger partial charge on any atom is -0.466 e. The molecule has 0 aromatic carbocycles. The third-order valence-corrected chi connectivity index (χ3v) is 2.40. The molecule has 0 fully saturated rings. The lowest BCUT2D eigenvalue weighted by atomic mass is 10.3. The molecule has 0 aliphatic heterocycles. The average Bonchev–Trinajstić information content (AvgIpc) is 2.38. The molecule has 0 amide bonds. The van der Waals surface area contributed by atoms with Gasteiger partial charge in [0.2, 0.25) is 0 Å². The highest BCUT2D eigenvalue weighted by atomic mass is 16.5. The van der Waals surface area contributed by atoms with E-state index in [-0.39, 0.29) is 5.97 Å². The first kappa shape index (κ1) is 17.4. The molecule has 108 valence electrons. The Balaban J connectivity index is 3.04. The Morgan fingerprint density at radius 2 is 1.44 bits per heavy atom. The predicted octanol–water partition coefficient (Wildman–Crippen LogP) is 2.94. The molecule has 0 saturated heterocycles. The molecular formula is C14H28O4. The largest absolute Gasteiger partial charge is 0.466 e. The minimum atomic E-state index is -0.128. The number of hydrogen-bond acceptors (Lipinski definition) is 4. The van der Waals surface area contributed by atoms with E-state index in [9.17, 15) is 4.79 Å². The summed E-state index contributed by atoms with van der Waals surface area (Å²) in [5.41, 5.74) is 0. The van der Waals surface area contributed by atoms with E-state index >= 15 is 0 Å². The molecule has 0 aromatic rings. The maximum absolute atomic E-state index is 11.1. The molecule has 0 radical (unpaired) electrons. The van der Waals surface area contributed by atoms with Crippen LogP contribution in [0.5, 0.6) is 0 Å². The highest BCUT2D eigenvalue weighted by Crippen LogP contribution is 1.96. The van der Waals surface area contributed by atoms with Crippen LogP contribution in [-0.4, -0.2) is 39.0 Å². The van der Waals surface area contributed by atoms with Gasteiger partial charge in [0, 0.05) is 19.6 Å². The van der Waals surface area contributed by atoms with Crippen LogP contribution in [0.4, 0.5) is 0 Å². The molecule has 0 bridgehead atoms. The standard InChI is InChI=1S/C14H28O4/c1-3-5-6-10-16-12-13-17-11-7-8-14(15)18-9-4-2/h3-13H2,1-2H3. The van der Waals surface area contributed by atoms with E-state index in [4.69, 9.17) is 14.2 Å². The van der Waals surface area contributed by atoms with Crippen LogP contribution in [0.1, 0.15) is 52.4 Å². The van der Waals surface area contributed by atoms with Crippen LogP contribution >= 0.6 is 0 Å². The van der Waals surface area contributed by atoms with Gasteiger partial charge in [0.15, 0.2) is 0 Å². The van der Waals surface area contributed by atoms with E-state index in [1.54, 1.807) is 0 Å². The summed E-state index contributed by atoms with van der Waals surface area (Å²) in [7, 11) is 0. The molecule has 0 aromatic heterocycles. The van der Waals surface area contributed by atoms with Crippen LogP contribution in [0.15, 0.2) is 0 Å². The summed E-state index contributed by atoms with van der Waals surface area (Å²) in [5.74, 6) is -0.128. The Bertz CT molecular complexity index is 183. The minimum absolute atomic E-state index is 0.128. The zero-order valence-corrected chi connectivity index (χ0v) is 11.9. The zero-order chi connectivity index (χ0) is 13.5. The van der Waals surface area contributed by atoms with Crippen molar-refractivity contribution >= 4 is 5.97 Å². The number of hydrogen-bond donors (Lipinski definition) is 0. The third kappa shape index (κ3) is 13.5. The number of rotatable bonds is 13. The molecule has 4 nitrogen and oxygen atoms in total. The smallest absolute Gasteiger partial charge is 0.305 e. The fraction of sp³-hybridized carbons (Fsp3) is 0.929. The van der Waals surface area contributed by atoms with Gasteiger partial charge < -0.3 is 14.2 Å². The van der Waals surface area contributed by atoms with Crippen molar-refractivity contribution in [2.24, 2.45) is 0 Å². The maximum Gasteiger partial charge on any atom is 0.305 e. The Morgan fingerprint density at radius 1 is 0.778 bits per heavy atom. The summed E-state index contributed by atoms with van der Waals surface area (Å²) < 4.78 is 15.7. The number of esters is 1. The summed E-state index contributed by atoms with van der Waals surface area (Å²) in [4.78, 5) is 11.1. The van der Waals surface area contributed by atoms with Crippen molar-refractivity contribution < 1.29 is 19.0 Å². The summed E-state index contributed by atoms with van der Waals surface area (Å²) >= 11 is 0. The average molecular weight is 260 g/mol. The lowest BCUT2D eigenvalue weighted by Gasteiger charge is -2.06. The fourth-order valence-electron chi connectivity index (χ4n) is 1.38. The Morgan fingerprint density at radius 3 is 2.06 bits per heavy atom. The lowest BCUT2D eigenvalue weighted by Crippen LogP contribution is -2.09. The van der Waals surface area contributed by atoms with Crippen LogP contribution in [0.3, 0.4) is 0 Å². The second-order valence-electron chi connectivity index (χ2n) is 4.26. The van der Waals surface area contributed by atoms with Gasteiger partial charge >= 0.3 is 5.97 Å². The first-order chi connectivity index (χ1) is 8.81. The van der Waals surface area contributed by atoms with Gasteiger partial charge in [-0.2, -0.15) is 0 Å². The van der Waals surface area contributed by atoms with Gasteiger partial charge in [0.1, 0.15) is 0 Å². The monoisotopic (exact) mass is 260 g/mol. The quantitative estimate of drug-likeness (QED) is 0.377. The van der Waals surface area contributed by atoms with Crippen molar-refractivity contribution in [3.63, 3.8) is 0 Å². The Hall–Kier alpha value is -0.610. The molecule has 0 N–H and O–H groups in total. The summed E-state index contributed by atoms with van der Waals surface area (Å²) in [6.07, 6.45) is 5.60. The van der Waals surface area contributed by atoms with Crippen LogP contribution in [0.2, 0.25) is 0 Å². The molecule has 18 heavy (non-hydrogen) atoms.